The Balaban J connectivity index is 2.05. The molecule has 9 heteroatoms. The Morgan fingerprint density at radius 3 is 2.90 bits per heavy atom. The highest BCUT2D eigenvalue weighted by molar-refractivity contribution is 9.10. The highest BCUT2D eigenvalue weighted by Crippen LogP contribution is 2.35. The summed E-state index contributed by atoms with van der Waals surface area (Å²) in [5.74, 6) is -1.38. The van der Waals surface area contributed by atoms with Crippen molar-refractivity contribution in [3.63, 3.8) is 0 Å². The van der Waals surface area contributed by atoms with Crippen LogP contribution in [0.1, 0.15) is 0 Å². The van der Waals surface area contributed by atoms with Crippen molar-refractivity contribution in [1.29, 1.82) is 0 Å². The van der Waals surface area contributed by atoms with Crippen molar-refractivity contribution in [2.45, 2.75) is 6.73 Å². The maximum absolute atomic E-state index is 11.3. The topological polar surface area (TPSA) is 92.5 Å². The molecule has 0 N–H and O–H groups in total. The van der Waals surface area contributed by atoms with E-state index in [1.54, 1.807) is 12.1 Å². The van der Waals surface area contributed by atoms with Crippen LogP contribution in [0.5, 0.6) is 11.8 Å². The first-order valence-electron chi connectivity index (χ1n) is 5.77. The second kappa shape index (κ2) is 5.17. The summed E-state index contributed by atoms with van der Waals surface area (Å²) in [4.78, 5) is 26.5. The van der Waals surface area contributed by atoms with Gasteiger partial charge in [0.1, 0.15) is 5.75 Å². The second-order valence-corrected chi connectivity index (χ2v) is 4.84. The molecular weight excluding hydrogens is 346 g/mol. The van der Waals surface area contributed by atoms with Crippen molar-refractivity contribution < 1.29 is 23.8 Å². The van der Waals surface area contributed by atoms with E-state index in [1.807, 2.05) is 6.07 Å². The molecule has 0 saturated heterocycles. The second-order valence-electron chi connectivity index (χ2n) is 3.99. The van der Waals surface area contributed by atoms with Crippen molar-refractivity contribution in [2.75, 3.05) is 7.11 Å². The van der Waals surface area contributed by atoms with Crippen molar-refractivity contribution >= 4 is 27.9 Å². The van der Waals surface area contributed by atoms with Gasteiger partial charge >= 0.3 is 17.9 Å². The number of nitrogens with zero attached hydrogens (tertiary/aromatic N) is 3. The fourth-order valence-electron chi connectivity index (χ4n) is 1.80. The van der Waals surface area contributed by atoms with Crippen molar-refractivity contribution in [1.82, 2.24) is 14.8 Å². The van der Waals surface area contributed by atoms with Gasteiger partial charge in [-0.2, -0.15) is 9.67 Å². The Labute approximate surface area is 126 Å². The van der Waals surface area contributed by atoms with Crippen LogP contribution in [-0.2, 0) is 21.1 Å². The maximum atomic E-state index is 11.3. The molecule has 0 fully saturated rings. The van der Waals surface area contributed by atoms with Gasteiger partial charge in [0.25, 0.3) is 0 Å². The lowest BCUT2D eigenvalue weighted by molar-refractivity contribution is -0.162. The third kappa shape index (κ3) is 2.35. The molecule has 8 nitrogen and oxygen atoms in total. The summed E-state index contributed by atoms with van der Waals surface area (Å²) in [5.41, 5.74) is 0.606. The predicted octanol–water partition coefficient (Wildman–Crippen LogP) is 1.14. The summed E-state index contributed by atoms with van der Waals surface area (Å²) in [5, 5.41) is 4.15. The zero-order valence-corrected chi connectivity index (χ0v) is 12.3. The van der Waals surface area contributed by atoms with Gasteiger partial charge in [-0.15, -0.1) is 5.10 Å². The summed E-state index contributed by atoms with van der Waals surface area (Å²) in [6.45, 7) is -0.247. The Kier molecular flexibility index (Phi) is 3.34. The van der Waals surface area contributed by atoms with Crippen LogP contribution in [0.2, 0.25) is 0 Å². The molecule has 1 aromatic carbocycles. The van der Waals surface area contributed by atoms with Gasteiger partial charge in [0.15, 0.2) is 12.6 Å². The number of hydrogen-bond acceptors (Lipinski definition) is 7. The van der Waals surface area contributed by atoms with Gasteiger partial charge in [0.05, 0.1) is 17.1 Å². The summed E-state index contributed by atoms with van der Waals surface area (Å²) < 4.78 is 16.7. The number of methoxy groups -OCH3 is 1. The molecule has 1 aromatic heterocycles. The van der Waals surface area contributed by atoms with E-state index in [0.717, 1.165) is 4.47 Å². The van der Waals surface area contributed by atoms with Crippen LogP contribution in [-0.4, -0.2) is 33.8 Å². The molecule has 1 aliphatic heterocycles. The molecule has 108 valence electrons. The summed E-state index contributed by atoms with van der Waals surface area (Å²) in [6.07, 6.45) is 0. The van der Waals surface area contributed by atoms with Gasteiger partial charge in [-0.3, -0.25) is 0 Å². The molecule has 1 aliphatic rings. The number of halogens is 1. The maximum Gasteiger partial charge on any atom is 0.425 e. The first-order valence-corrected chi connectivity index (χ1v) is 6.56. The van der Waals surface area contributed by atoms with E-state index in [0.29, 0.717) is 11.3 Å². The number of carbonyl (C=O) groups is 2. The monoisotopic (exact) mass is 353 g/mol. The zero-order chi connectivity index (χ0) is 15.0. The summed E-state index contributed by atoms with van der Waals surface area (Å²) in [7, 11) is 1.52. The lowest BCUT2D eigenvalue weighted by Crippen LogP contribution is -2.20. The number of fused-ring (bicyclic) bond motifs is 1. The van der Waals surface area contributed by atoms with E-state index in [2.05, 4.69) is 30.7 Å². The molecule has 0 bridgehead atoms. The molecule has 2 aromatic rings. The minimum absolute atomic E-state index is 0.108. The molecule has 0 spiro atoms. The van der Waals surface area contributed by atoms with E-state index in [9.17, 15) is 9.59 Å². The molecule has 3 rings (SSSR count). The SMILES string of the molecule is COc1c(Br)cccc1-c1nc2n(n1)COC(=O)C(=O)O2. The smallest absolute Gasteiger partial charge is 0.425 e. The number of esters is 2. The molecule has 0 saturated carbocycles. The van der Waals surface area contributed by atoms with Crippen LogP contribution in [0.25, 0.3) is 11.4 Å². The Hall–Kier alpha value is -2.42. The quantitative estimate of drug-likeness (QED) is 0.590. The van der Waals surface area contributed by atoms with Gasteiger partial charge in [0.2, 0.25) is 0 Å². The van der Waals surface area contributed by atoms with Crippen LogP contribution in [0.4, 0.5) is 0 Å². The minimum atomic E-state index is -1.13. The Morgan fingerprint density at radius 2 is 2.14 bits per heavy atom. The van der Waals surface area contributed by atoms with Gasteiger partial charge in [-0.05, 0) is 28.1 Å². The average Bonchev–Trinajstić information content (AvgIpc) is 2.81. The molecule has 0 unspecified atom stereocenters. The van der Waals surface area contributed by atoms with E-state index in [4.69, 9.17) is 9.47 Å². The first-order chi connectivity index (χ1) is 10.1. The summed E-state index contributed by atoms with van der Waals surface area (Å²) in [6, 6.07) is 5.25. The lowest BCUT2D eigenvalue weighted by atomic mass is 10.2. The van der Waals surface area contributed by atoms with Gasteiger partial charge in [-0.1, -0.05) is 6.07 Å². The number of para-hydroxylation sites is 1. The fraction of sp³-hybridized carbons (Fsp3) is 0.167. The third-order valence-electron chi connectivity index (χ3n) is 2.72. The predicted molar refractivity (Wildman–Crippen MR) is 71.4 cm³/mol. The minimum Gasteiger partial charge on any atom is -0.495 e. The fourth-order valence-corrected chi connectivity index (χ4v) is 2.33. The standard InChI is InChI=1S/C12H8BrN3O5/c1-19-8-6(3-2-4-7(8)13)9-14-12-16(15-9)5-20-10(17)11(18)21-12/h2-4H,5H2,1H3. The normalized spacial score (nSPS) is 14.0. The van der Waals surface area contributed by atoms with Crippen LogP contribution >= 0.6 is 15.9 Å². The lowest BCUT2D eigenvalue weighted by Gasteiger charge is -2.07. The largest absolute Gasteiger partial charge is 0.495 e. The highest BCUT2D eigenvalue weighted by Gasteiger charge is 2.28. The first kappa shape index (κ1) is 13.6. The number of ether oxygens (including phenoxy) is 3. The average molecular weight is 354 g/mol. The Bertz CT molecular complexity index is 742. The molecule has 0 atom stereocenters. The van der Waals surface area contributed by atoms with Crippen LogP contribution < -0.4 is 9.47 Å². The van der Waals surface area contributed by atoms with Crippen molar-refractivity contribution in [2.24, 2.45) is 0 Å². The molecule has 0 aliphatic carbocycles. The Morgan fingerprint density at radius 1 is 1.33 bits per heavy atom. The molecule has 0 amide bonds. The molecular formula is C12H8BrN3O5. The number of cyclic esters (lactones) is 1. The summed E-state index contributed by atoms with van der Waals surface area (Å²) >= 11 is 3.36. The van der Waals surface area contributed by atoms with Gasteiger partial charge in [-0.25, -0.2) is 9.59 Å². The van der Waals surface area contributed by atoms with E-state index in [1.165, 1.54) is 11.8 Å². The zero-order valence-electron chi connectivity index (χ0n) is 10.7. The highest BCUT2D eigenvalue weighted by atomic mass is 79.9. The number of carbonyl (C=O) groups excluding carboxylic acids is 2. The molecule has 21 heavy (non-hydrogen) atoms. The third-order valence-corrected chi connectivity index (χ3v) is 3.34. The number of aromatic nitrogens is 3. The van der Waals surface area contributed by atoms with Crippen LogP contribution in [0.3, 0.4) is 0 Å². The molecule has 0 radical (unpaired) electrons. The number of benzene rings is 1. The van der Waals surface area contributed by atoms with Gasteiger partial charge < -0.3 is 14.2 Å². The van der Waals surface area contributed by atoms with Crippen molar-refractivity contribution in [3.8, 4) is 23.1 Å². The van der Waals surface area contributed by atoms with Crippen molar-refractivity contribution in [3.05, 3.63) is 22.7 Å². The van der Waals surface area contributed by atoms with Gasteiger partial charge in [0, 0.05) is 0 Å². The number of hydrogen-bond donors (Lipinski definition) is 0. The molecule has 2 heterocycles. The number of rotatable bonds is 2. The van der Waals surface area contributed by atoms with Crippen LogP contribution in [0.15, 0.2) is 22.7 Å². The van der Waals surface area contributed by atoms with Crippen LogP contribution in [0, 0.1) is 0 Å². The van der Waals surface area contributed by atoms with E-state index in [-0.39, 0.29) is 18.6 Å². The van der Waals surface area contributed by atoms with E-state index < -0.39 is 11.9 Å². The van der Waals surface area contributed by atoms with E-state index >= 15 is 0 Å².